The van der Waals surface area contributed by atoms with Gasteiger partial charge in [0.2, 0.25) is 0 Å². The van der Waals surface area contributed by atoms with Crippen LogP contribution in [0.3, 0.4) is 0 Å². The molecule has 0 atom stereocenters. The molecule has 2 nitrogen and oxygen atoms in total. The SMILES string of the molecule is c1ccc(-c2nccc3c2c2ccccc2n3-c2ccc(C3(c4ccc([Si](c5ccccc5)(c5ccccc5)c5ccccc5)cc4)c4ccccc4-c4ccccc43)cc2)cc1. The normalized spacial score (nSPS) is 12.9. The second-order valence-corrected chi connectivity index (χ2v) is 20.4. The molecule has 0 radical (unpaired) electrons. The molecule has 0 unspecified atom stereocenters. The zero-order valence-electron chi connectivity index (χ0n) is 34.6. The number of hydrogen-bond acceptors (Lipinski definition) is 1. The largest absolute Gasteiger partial charge is 0.309 e. The lowest BCUT2D eigenvalue weighted by Crippen LogP contribution is -2.74. The van der Waals surface area contributed by atoms with E-state index in [4.69, 9.17) is 4.98 Å². The van der Waals surface area contributed by atoms with Gasteiger partial charge in [-0.05, 0) is 78.4 Å². The lowest BCUT2D eigenvalue weighted by atomic mass is 9.68. The Labute approximate surface area is 369 Å². The van der Waals surface area contributed by atoms with Gasteiger partial charge in [-0.1, -0.05) is 224 Å². The van der Waals surface area contributed by atoms with E-state index in [1.54, 1.807) is 0 Å². The van der Waals surface area contributed by atoms with Crippen LogP contribution in [0, 0.1) is 0 Å². The van der Waals surface area contributed by atoms with Crippen molar-refractivity contribution in [1.82, 2.24) is 9.55 Å². The number of nitrogens with zero attached hydrogens (tertiary/aromatic N) is 2. The van der Waals surface area contributed by atoms with Crippen molar-refractivity contribution >= 4 is 50.6 Å². The molecule has 12 rings (SSSR count). The topological polar surface area (TPSA) is 17.8 Å². The Bertz CT molecular complexity index is 3270. The molecule has 0 aliphatic heterocycles. The van der Waals surface area contributed by atoms with E-state index >= 15 is 0 Å². The number of para-hydroxylation sites is 1. The number of hydrogen-bond donors (Lipinski definition) is 0. The molecule has 0 fully saturated rings. The molecule has 0 amide bonds. The summed E-state index contributed by atoms with van der Waals surface area (Å²) in [6.07, 6.45) is 1.95. The van der Waals surface area contributed by atoms with Gasteiger partial charge in [0.25, 0.3) is 0 Å². The predicted molar refractivity (Wildman–Crippen MR) is 265 cm³/mol. The fourth-order valence-corrected chi connectivity index (χ4v) is 15.7. The van der Waals surface area contributed by atoms with E-state index in [0.29, 0.717) is 0 Å². The molecule has 2 heterocycles. The van der Waals surface area contributed by atoms with E-state index in [0.717, 1.165) is 28.0 Å². The maximum Gasteiger partial charge on any atom is 0.179 e. The highest BCUT2D eigenvalue weighted by Crippen LogP contribution is 2.56. The van der Waals surface area contributed by atoms with Crippen LogP contribution in [0.4, 0.5) is 0 Å². The molecule has 11 aromatic rings. The van der Waals surface area contributed by atoms with Crippen molar-refractivity contribution in [2.45, 2.75) is 5.41 Å². The van der Waals surface area contributed by atoms with Crippen molar-refractivity contribution in [3.63, 3.8) is 0 Å². The minimum Gasteiger partial charge on any atom is -0.309 e. The summed E-state index contributed by atoms with van der Waals surface area (Å²) in [4.78, 5) is 4.95. The average Bonchev–Trinajstić information content (AvgIpc) is 3.87. The molecule has 1 aliphatic carbocycles. The van der Waals surface area contributed by atoms with Gasteiger partial charge in [-0.2, -0.15) is 0 Å². The molecule has 0 bridgehead atoms. The Balaban J connectivity index is 1.07. The van der Waals surface area contributed by atoms with Crippen molar-refractivity contribution in [2.75, 3.05) is 0 Å². The molecule has 3 heteroatoms. The fraction of sp³-hybridized carbons (Fsp3) is 0.0167. The maximum atomic E-state index is 4.95. The van der Waals surface area contributed by atoms with Crippen LogP contribution in [0.5, 0.6) is 0 Å². The molecule has 2 aromatic heterocycles. The summed E-state index contributed by atoms with van der Waals surface area (Å²) in [6.45, 7) is 0. The van der Waals surface area contributed by atoms with E-state index in [-0.39, 0.29) is 0 Å². The summed E-state index contributed by atoms with van der Waals surface area (Å²) in [5, 5.41) is 7.83. The summed E-state index contributed by atoms with van der Waals surface area (Å²) in [6, 6.07) is 92.2. The summed E-state index contributed by atoms with van der Waals surface area (Å²) < 4.78 is 2.40. The van der Waals surface area contributed by atoms with E-state index in [2.05, 4.69) is 253 Å². The Hall–Kier alpha value is -7.85. The van der Waals surface area contributed by atoms with Crippen LogP contribution in [0.1, 0.15) is 22.3 Å². The first kappa shape index (κ1) is 37.0. The van der Waals surface area contributed by atoms with Gasteiger partial charge in [0.1, 0.15) is 0 Å². The first-order valence-corrected chi connectivity index (χ1v) is 23.8. The molecule has 0 saturated carbocycles. The van der Waals surface area contributed by atoms with Crippen LogP contribution in [0.25, 0.3) is 49.9 Å². The predicted octanol–water partition coefficient (Wildman–Crippen LogP) is 11.6. The van der Waals surface area contributed by atoms with Gasteiger partial charge in [-0.25, -0.2) is 0 Å². The first-order valence-electron chi connectivity index (χ1n) is 21.8. The van der Waals surface area contributed by atoms with E-state index < -0.39 is 13.5 Å². The van der Waals surface area contributed by atoms with Crippen LogP contribution in [0.2, 0.25) is 0 Å². The summed E-state index contributed by atoms with van der Waals surface area (Å²) in [5.41, 5.74) is 12.7. The number of benzene rings is 9. The Morgan fingerprint density at radius 1 is 0.365 bits per heavy atom. The third-order valence-electron chi connectivity index (χ3n) is 13.5. The molecular formula is C60H42N2Si. The van der Waals surface area contributed by atoms with Gasteiger partial charge >= 0.3 is 0 Å². The quantitative estimate of drug-likeness (QED) is 0.110. The Morgan fingerprint density at radius 3 is 1.37 bits per heavy atom. The van der Waals surface area contributed by atoms with E-state index in [1.165, 1.54) is 64.9 Å². The molecule has 296 valence electrons. The number of pyridine rings is 1. The van der Waals surface area contributed by atoms with Gasteiger partial charge in [0.15, 0.2) is 8.07 Å². The fourth-order valence-electron chi connectivity index (χ4n) is 10.9. The molecule has 9 aromatic carbocycles. The molecule has 1 aliphatic rings. The standard InChI is InChI=1S/C60H42N2Si/c1-5-19-43(20-6-1)59-58-53-29-15-18-32-56(53)62(57(58)41-42-61-59)46-37-33-44(34-38-46)60(54-30-16-13-27-51(54)52-28-14-17-31-55(52)60)45-35-39-50(40-36-45)63(47-21-7-2-8-22-47,48-23-9-3-10-24-48)49-25-11-4-12-26-49/h1-42H. The van der Waals surface area contributed by atoms with Crippen molar-refractivity contribution in [3.8, 4) is 28.1 Å². The van der Waals surface area contributed by atoms with Crippen LogP contribution >= 0.6 is 0 Å². The highest BCUT2D eigenvalue weighted by molar-refractivity contribution is 7.19. The minimum atomic E-state index is -2.73. The first-order chi connectivity index (χ1) is 31.3. The lowest BCUT2D eigenvalue weighted by molar-refractivity contribution is 0.768. The summed E-state index contributed by atoms with van der Waals surface area (Å²) in [5.74, 6) is 0. The van der Waals surface area contributed by atoms with Gasteiger partial charge in [-0.15, -0.1) is 0 Å². The second-order valence-electron chi connectivity index (χ2n) is 16.6. The second kappa shape index (κ2) is 14.9. The monoisotopic (exact) mass is 818 g/mol. The molecule has 0 saturated heterocycles. The highest BCUT2D eigenvalue weighted by atomic mass is 28.3. The summed E-state index contributed by atoms with van der Waals surface area (Å²) >= 11 is 0. The minimum absolute atomic E-state index is 0.550. The number of fused-ring (bicyclic) bond motifs is 6. The number of rotatable bonds is 8. The molecule has 0 spiro atoms. The van der Waals surface area contributed by atoms with Crippen molar-refractivity contribution < 1.29 is 0 Å². The van der Waals surface area contributed by atoms with Gasteiger partial charge < -0.3 is 4.57 Å². The third-order valence-corrected chi connectivity index (χ3v) is 18.3. The van der Waals surface area contributed by atoms with Crippen molar-refractivity contribution in [3.05, 3.63) is 277 Å². The Morgan fingerprint density at radius 2 is 0.810 bits per heavy atom. The molecule has 63 heavy (non-hydrogen) atoms. The zero-order chi connectivity index (χ0) is 41.8. The van der Waals surface area contributed by atoms with Crippen molar-refractivity contribution in [2.24, 2.45) is 0 Å². The average molecular weight is 819 g/mol. The Kier molecular flexibility index (Phi) is 8.77. The van der Waals surface area contributed by atoms with E-state index in [9.17, 15) is 0 Å². The van der Waals surface area contributed by atoms with Crippen LogP contribution in [0.15, 0.2) is 255 Å². The lowest BCUT2D eigenvalue weighted by Gasteiger charge is -2.36. The molecule has 0 N–H and O–H groups in total. The van der Waals surface area contributed by atoms with Gasteiger partial charge in [-0.3, -0.25) is 4.98 Å². The smallest absolute Gasteiger partial charge is 0.179 e. The maximum absolute atomic E-state index is 4.95. The highest BCUT2D eigenvalue weighted by Gasteiger charge is 2.47. The zero-order valence-corrected chi connectivity index (χ0v) is 35.6. The van der Waals surface area contributed by atoms with Gasteiger partial charge in [0.05, 0.1) is 22.1 Å². The van der Waals surface area contributed by atoms with Gasteiger partial charge in [0, 0.05) is 28.2 Å². The van der Waals surface area contributed by atoms with Crippen molar-refractivity contribution in [1.29, 1.82) is 0 Å². The van der Waals surface area contributed by atoms with Crippen LogP contribution < -0.4 is 20.7 Å². The van der Waals surface area contributed by atoms with Crippen LogP contribution in [-0.2, 0) is 5.41 Å². The summed E-state index contributed by atoms with van der Waals surface area (Å²) in [7, 11) is -2.73. The number of aromatic nitrogens is 2. The molecular weight excluding hydrogens is 777 g/mol. The van der Waals surface area contributed by atoms with Crippen LogP contribution in [-0.4, -0.2) is 17.6 Å². The third kappa shape index (κ3) is 5.53. The van der Waals surface area contributed by atoms with E-state index in [1.807, 2.05) is 6.20 Å².